The van der Waals surface area contributed by atoms with Gasteiger partial charge in [-0.05, 0) is 19.8 Å². The fraction of sp³-hybridized carbons (Fsp3) is 0.667. The number of hydrogen-bond donors (Lipinski definition) is 3. The van der Waals surface area contributed by atoms with E-state index in [1.54, 1.807) is 18.7 Å². The Balaban J connectivity index is 2.36. The number of carbonyl (C=O) groups excluding carboxylic acids is 1. The lowest BCUT2D eigenvalue weighted by Crippen LogP contribution is -2.43. The van der Waals surface area contributed by atoms with Gasteiger partial charge in [0.2, 0.25) is 0 Å². The number of nitrogens with two attached hydrogens (primary N) is 2. The number of aryl methyl sites for hydroxylation is 2. The summed E-state index contributed by atoms with van der Waals surface area (Å²) in [5.41, 5.74) is 12.3. The van der Waals surface area contributed by atoms with Crippen LogP contribution < -0.4 is 16.8 Å². The van der Waals surface area contributed by atoms with Crippen LogP contribution in [0.5, 0.6) is 0 Å². The number of amides is 1. The number of rotatable bonds is 4. The Bertz CT molecular complexity index is 459. The van der Waals surface area contributed by atoms with Crippen molar-refractivity contribution in [2.24, 2.45) is 18.5 Å². The fourth-order valence-electron chi connectivity index (χ4n) is 2.78. The van der Waals surface area contributed by atoms with Gasteiger partial charge in [0.05, 0.1) is 11.2 Å². The summed E-state index contributed by atoms with van der Waals surface area (Å²) in [5.74, 6) is 0.237. The molecule has 18 heavy (non-hydrogen) atoms. The second-order valence-corrected chi connectivity index (χ2v) is 5.11. The molecule has 0 radical (unpaired) electrons. The van der Waals surface area contributed by atoms with Gasteiger partial charge in [0.15, 0.2) is 0 Å². The summed E-state index contributed by atoms with van der Waals surface area (Å²) in [4.78, 5) is 11.5. The van der Waals surface area contributed by atoms with E-state index in [4.69, 9.17) is 11.5 Å². The first-order valence-electron chi connectivity index (χ1n) is 6.31. The molecule has 1 aromatic rings. The van der Waals surface area contributed by atoms with Crippen LogP contribution >= 0.6 is 0 Å². The Hall–Kier alpha value is -1.56. The highest BCUT2D eigenvalue weighted by molar-refractivity contribution is 5.99. The second-order valence-electron chi connectivity index (χ2n) is 5.11. The predicted molar refractivity (Wildman–Crippen MR) is 70.3 cm³/mol. The number of nitrogens with one attached hydrogen (secondary N) is 1. The highest BCUT2D eigenvalue weighted by Crippen LogP contribution is 2.33. The lowest BCUT2D eigenvalue weighted by atomic mass is 9.97. The van der Waals surface area contributed by atoms with Gasteiger partial charge < -0.3 is 16.8 Å². The van der Waals surface area contributed by atoms with Crippen LogP contribution in [0.25, 0.3) is 0 Å². The van der Waals surface area contributed by atoms with Crippen molar-refractivity contribution in [2.75, 3.05) is 11.9 Å². The highest BCUT2D eigenvalue weighted by Gasteiger charge is 2.34. The van der Waals surface area contributed by atoms with E-state index in [9.17, 15) is 4.79 Å². The van der Waals surface area contributed by atoms with E-state index in [2.05, 4.69) is 10.4 Å². The third kappa shape index (κ3) is 2.08. The average molecular weight is 251 g/mol. The van der Waals surface area contributed by atoms with Crippen LogP contribution in [0.15, 0.2) is 0 Å². The molecule has 1 heterocycles. The van der Waals surface area contributed by atoms with Gasteiger partial charge in [-0.25, -0.2) is 0 Å². The SMILES string of the molecule is Cc1nn(C)c(NC2(CN)CCCC2)c1C(N)=O. The monoisotopic (exact) mass is 251 g/mol. The number of aromatic nitrogens is 2. The van der Waals surface area contributed by atoms with Crippen molar-refractivity contribution in [2.45, 2.75) is 38.1 Å². The topological polar surface area (TPSA) is 99.0 Å². The number of anilines is 1. The molecule has 1 aliphatic carbocycles. The maximum atomic E-state index is 11.5. The summed E-state index contributed by atoms with van der Waals surface area (Å²) in [6.45, 7) is 2.34. The minimum atomic E-state index is -0.451. The van der Waals surface area contributed by atoms with E-state index in [1.807, 2.05) is 0 Å². The van der Waals surface area contributed by atoms with Crippen molar-refractivity contribution >= 4 is 11.7 Å². The summed E-state index contributed by atoms with van der Waals surface area (Å²) < 4.78 is 1.67. The van der Waals surface area contributed by atoms with Gasteiger partial charge in [-0.1, -0.05) is 12.8 Å². The lowest BCUT2D eigenvalue weighted by Gasteiger charge is -2.30. The first kappa shape index (κ1) is 12.9. The average Bonchev–Trinajstić information content (AvgIpc) is 2.86. The van der Waals surface area contributed by atoms with Crippen LogP contribution in [0, 0.1) is 6.92 Å². The van der Waals surface area contributed by atoms with Crippen molar-refractivity contribution in [1.82, 2.24) is 9.78 Å². The maximum absolute atomic E-state index is 11.5. The van der Waals surface area contributed by atoms with E-state index in [1.165, 1.54) is 0 Å². The Morgan fingerprint density at radius 2 is 2.11 bits per heavy atom. The molecule has 6 heteroatoms. The maximum Gasteiger partial charge on any atom is 0.254 e. The minimum absolute atomic E-state index is 0.121. The van der Waals surface area contributed by atoms with Crippen LogP contribution in [0.2, 0.25) is 0 Å². The molecule has 1 fully saturated rings. The molecule has 1 saturated carbocycles. The number of carbonyl (C=O) groups is 1. The Morgan fingerprint density at radius 3 is 2.61 bits per heavy atom. The number of primary amides is 1. The molecule has 0 aromatic carbocycles. The summed E-state index contributed by atoms with van der Waals surface area (Å²) in [5, 5.41) is 7.67. The number of nitrogens with zero attached hydrogens (tertiary/aromatic N) is 2. The zero-order valence-electron chi connectivity index (χ0n) is 11.0. The van der Waals surface area contributed by atoms with Gasteiger partial charge in [-0.2, -0.15) is 5.10 Å². The van der Waals surface area contributed by atoms with Gasteiger partial charge in [-0.15, -0.1) is 0 Å². The smallest absolute Gasteiger partial charge is 0.254 e. The molecule has 5 N–H and O–H groups in total. The summed E-state index contributed by atoms with van der Waals surface area (Å²) >= 11 is 0. The highest BCUT2D eigenvalue weighted by atomic mass is 16.1. The van der Waals surface area contributed by atoms with Crippen LogP contribution in [-0.4, -0.2) is 27.8 Å². The Labute approximate surface area is 107 Å². The lowest BCUT2D eigenvalue weighted by molar-refractivity contribution is 0.100. The quantitative estimate of drug-likeness (QED) is 0.726. The zero-order chi connectivity index (χ0) is 13.3. The van der Waals surface area contributed by atoms with Gasteiger partial charge in [-0.3, -0.25) is 9.48 Å². The van der Waals surface area contributed by atoms with Crippen LogP contribution in [0.3, 0.4) is 0 Å². The standard InChI is InChI=1S/C12H21N5O/c1-8-9(10(14)18)11(17(2)16-8)15-12(7-13)5-3-4-6-12/h15H,3-7,13H2,1-2H3,(H2,14,18). The van der Waals surface area contributed by atoms with Crippen molar-refractivity contribution in [3.8, 4) is 0 Å². The van der Waals surface area contributed by atoms with E-state index in [0.717, 1.165) is 25.7 Å². The molecule has 0 spiro atoms. The van der Waals surface area contributed by atoms with Gasteiger partial charge in [0.25, 0.3) is 5.91 Å². The fourth-order valence-corrected chi connectivity index (χ4v) is 2.78. The molecule has 1 amide bonds. The molecule has 1 aromatic heterocycles. The minimum Gasteiger partial charge on any atom is -0.365 e. The van der Waals surface area contributed by atoms with Gasteiger partial charge >= 0.3 is 0 Å². The van der Waals surface area contributed by atoms with Crippen LogP contribution in [-0.2, 0) is 7.05 Å². The van der Waals surface area contributed by atoms with Crippen molar-refractivity contribution in [3.05, 3.63) is 11.3 Å². The summed E-state index contributed by atoms with van der Waals surface area (Å²) in [7, 11) is 1.81. The van der Waals surface area contributed by atoms with Gasteiger partial charge in [0, 0.05) is 13.6 Å². The van der Waals surface area contributed by atoms with Gasteiger partial charge in [0.1, 0.15) is 11.4 Å². The second kappa shape index (κ2) is 4.61. The number of hydrogen-bond acceptors (Lipinski definition) is 4. The molecule has 0 saturated heterocycles. The molecular formula is C12H21N5O. The van der Waals surface area contributed by atoms with E-state index in [-0.39, 0.29) is 5.54 Å². The molecule has 6 nitrogen and oxygen atoms in total. The Morgan fingerprint density at radius 1 is 1.50 bits per heavy atom. The third-order valence-corrected chi connectivity index (χ3v) is 3.80. The zero-order valence-corrected chi connectivity index (χ0v) is 11.0. The molecule has 0 aliphatic heterocycles. The molecule has 100 valence electrons. The third-order valence-electron chi connectivity index (χ3n) is 3.80. The van der Waals surface area contributed by atoms with E-state index >= 15 is 0 Å². The summed E-state index contributed by atoms with van der Waals surface area (Å²) in [6, 6.07) is 0. The molecule has 1 aliphatic rings. The van der Waals surface area contributed by atoms with Crippen molar-refractivity contribution in [1.29, 1.82) is 0 Å². The molecule has 0 unspecified atom stereocenters. The predicted octanol–water partition coefficient (Wildman–Crippen LogP) is 0.511. The Kier molecular flexibility index (Phi) is 3.30. The molecule has 2 rings (SSSR count). The van der Waals surface area contributed by atoms with E-state index < -0.39 is 5.91 Å². The summed E-state index contributed by atoms with van der Waals surface area (Å²) in [6.07, 6.45) is 4.36. The van der Waals surface area contributed by atoms with Crippen molar-refractivity contribution in [3.63, 3.8) is 0 Å². The van der Waals surface area contributed by atoms with Crippen LogP contribution in [0.1, 0.15) is 41.7 Å². The first-order chi connectivity index (χ1) is 8.49. The van der Waals surface area contributed by atoms with Crippen LogP contribution in [0.4, 0.5) is 5.82 Å². The van der Waals surface area contributed by atoms with E-state index in [0.29, 0.717) is 23.6 Å². The largest absolute Gasteiger partial charge is 0.365 e. The first-order valence-corrected chi connectivity index (χ1v) is 6.31. The molecule has 0 bridgehead atoms. The normalized spacial score (nSPS) is 17.9. The van der Waals surface area contributed by atoms with Crippen molar-refractivity contribution < 1.29 is 4.79 Å². The molecule has 0 atom stereocenters. The molecular weight excluding hydrogens is 230 g/mol.